The van der Waals surface area contributed by atoms with E-state index in [1.54, 1.807) is 6.07 Å². The largest absolute Gasteiger partial charge is 0.342 e. The second kappa shape index (κ2) is 7.00. The summed E-state index contributed by atoms with van der Waals surface area (Å²) in [4.78, 5) is 31.2. The molecule has 3 rings (SSSR count). The van der Waals surface area contributed by atoms with Crippen LogP contribution in [0.4, 0.5) is 5.13 Å². The zero-order valence-electron chi connectivity index (χ0n) is 13.4. The topological polar surface area (TPSA) is 88.3 Å². The summed E-state index contributed by atoms with van der Waals surface area (Å²) in [7, 11) is 0. The van der Waals surface area contributed by atoms with Gasteiger partial charge in [0.15, 0.2) is 5.13 Å². The van der Waals surface area contributed by atoms with E-state index in [0.29, 0.717) is 28.8 Å². The highest BCUT2D eigenvalue weighted by Crippen LogP contribution is 2.29. The van der Waals surface area contributed by atoms with Crippen molar-refractivity contribution in [2.45, 2.75) is 19.8 Å². The Kier molecular flexibility index (Phi) is 4.98. The molecule has 0 spiro atoms. The Balaban J connectivity index is 1.56. The molecule has 2 aromatic heterocycles. The van der Waals surface area contributed by atoms with Gasteiger partial charge >= 0.3 is 0 Å². The molecule has 0 aliphatic carbocycles. The Labute approximate surface area is 148 Å². The fourth-order valence-electron chi connectivity index (χ4n) is 2.68. The number of thiazole rings is 1. The third kappa shape index (κ3) is 3.82. The van der Waals surface area contributed by atoms with Crippen LogP contribution >= 0.6 is 22.7 Å². The summed E-state index contributed by atoms with van der Waals surface area (Å²) in [5.74, 6) is -0.107. The van der Waals surface area contributed by atoms with Crippen molar-refractivity contribution < 1.29 is 9.59 Å². The Bertz CT molecular complexity index is 728. The number of anilines is 1. The van der Waals surface area contributed by atoms with Crippen molar-refractivity contribution in [3.8, 4) is 0 Å². The average Bonchev–Trinajstić information content (AvgIpc) is 3.28. The molecule has 2 amide bonds. The van der Waals surface area contributed by atoms with Gasteiger partial charge in [0.1, 0.15) is 0 Å². The minimum absolute atomic E-state index is 0.0254. The van der Waals surface area contributed by atoms with Crippen molar-refractivity contribution in [3.63, 3.8) is 0 Å². The van der Waals surface area contributed by atoms with Gasteiger partial charge in [0.25, 0.3) is 5.91 Å². The lowest BCUT2D eigenvalue weighted by Gasteiger charge is -2.22. The molecular weight excluding hydrogens is 344 g/mol. The van der Waals surface area contributed by atoms with Crippen molar-refractivity contribution >= 4 is 39.6 Å². The molecule has 0 radical (unpaired) electrons. The molecule has 1 saturated heterocycles. The number of nitrogens with zero attached hydrogens (tertiary/aromatic N) is 2. The highest BCUT2D eigenvalue weighted by molar-refractivity contribution is 7.14. The van der Waals surface area contributed by atoms with E-state index in [2.05, 4.69) is 17.2 Å². The first-order chi connectivity index (χ1) is 11.5. The van der Waals surface area contributed by atoms with Crippen LogP contribution in [0.5, 0.6) is 0 Å². The zero-order chi connectivity index (χ0) is 17.2. The van der Waals surface area contributed by atoms with Gasteiger partial charge in [-0.1, -0.05) is 13.0 Å². The number of likely N-dealkylation sites (tertiary alicyclic amines) is 1. The normalized spacial score (nSPS) is 20.3. The number of amides is 2. The van der Waals surface area contributed by atoms with Crippen LogP contribution in [0.1, 0.15) is 28.7 Å². The van der Waals surface area contributed by atoms with Crippen molar-refractivity contribution in [1.29, 1.82) is 0 Å². The summed E-state index contributed by atoms with van der Waals surface area (Å²) >= 11 is 2.72. The van der Waals surface area contributed by atoms with Gasteiger partial charge in [-0.15, -0.1) is 22.7 Å². The van der Waals surface area contributed by atoms with E-state index in [4.69, 9.17) is 5.73 Å². The molecule has 0 aromatic carbocycles. The third-order valence-corrected chi connectivity index (χ3v) is 5.93. The molecule has 128 valence electrons. The first-order valence-corrected chi connectivity index (χ1v) is 9.52. The molecule has 24 heavy (non-hydrogen) atoms. The van der Waals surface area contributed by atoms with Crippen molar-refractivity contribution in [1.82, 2.24) is 9.88 Å². The minimum atomic E-state index is -0.171. The van der Waals surface area contributed by atoms with Gasteiger partial charge in [-0.25, -0.2) is 4.98 Å². The highest BCUT2D eigenvalue weighted by Gasteiger charge is 2.34. The minimum Gasteiger partial charge on any atom is -0.342 e. The van der Waals surface area contributed by atoms with Gasteiger partial charge in [-0.2, -0.15) is 0 Å². The van der Waals surface area contributed by atoms with Crippen molar-refractivity contribution in [2.24, 2.45) is 11.1 Å². The maximum atomic E-state index is 12.4. The summed E-state index contributed by atoms with van der Waals surface area (Å²) < 4.78 is 0. The van der Waals surface area contributed by atoms with E-state index < -0.39 is 0 Å². The SMILES string of the molecule is CC1(CN)CCN(C(=O)Cc2csc(NC(=O)c3cccs3)n2)C1. The molecule has 3 heterocycles. The molecule has 1 atom stereocenters. The molecule has 1 aliphatic rings. The first kappa shape index (κ1) is 17.1. The molecule has 8 heteroatoms. The van der Waals surface area contributed by atoms with Gasteiger partial charge in [0.2, 0.25) is 5.91 Å². The van der Waals surface area contributed by atoms with Crippen LogP contribution in [0.15, 0.2) is 22.9 Å². The van der Waals surface area contributed by atoms with E-state index in [-0.39, 0.29) is 23.7 Å². The lowest BCUT2D eigenvalue weighted by Crippen LogP contribution is -2.35. The number of aromatic nitrogens is 1. The smallest absolute Gasteiger partial charge is 0.267 e. The Morgan fingerprint density at radius 3 is 2.96 bits per heavy atom. The lowest BCUT2D eigenvalue weighted by atomic mass is 9.90. The summed E-state index contributed by atoms with van der Waals surface area (Å²) in [6.45, 7) is 4.15. The lowest BCUT2D eigenvalue weighted by molar-refractivity contribution is -0.129. The fraction of sp³-hybridized carbons (Fsp3) is 0.438. The van der Waals surface area contributed by atoms with Crippen LogP contribution in [-0.4, -0.2) is 41.3 Å². The van der Waals surface area contributed by atoms with E-state index in [0.717, 1.165) is 13.0 Å². The molecule has 6 nitrogen and oxygen atoms in total. The van der Waals surface area contributed by atoms with E-state index in [1.165, 1.54) is 22.7 Å². The van der Waals surface area contributed by atoms with Crippen LogP contribution < -0.4 is 11.1 Å². The van der Waals surface area contributed by atoms with Crippen LogP contribution in [0.25, 0.3) is 0 Å². The number of nitrogens with one attached hydrogen (secondary N) is 1. The number of nitrogens with two attached hydrogens (primary N) is 1. The number of hydrogen-bond acceptors (Lipinski definition) is 6. The quantitative estimate of drug-likeness (QED) is 0.851. The number of rotatable bonds is 5. The molecule has 0 saturated carbocycles. The van der Waals surface area contributed by atoms with Gasteiger partial charge in [-0.05, 0) is 29.8 Å². The zero-order valence-corrected chi connectivity index (χ0v) is 15.1. The first-order valence-electron chi connectivity index (χ1n) is 7.76. The van der Waals surface area contributed by atoms with Crippen molar-refractivity contribution in [2.75, 3.05) is 25.0 Å². The van der Waals surface area contributed by atoms with Gasteiger partial charge < -0.3 is 10.6 Å². The van der Waals surface area contributed by atoms with E-state index >= 15 is 0 Å². The Morgan fingerprint density at radius 1 is 1.46 bits per heavy atom. The molecule has 1 unspecified atom stereocenters. The van der Waals surface area contributed by atoms with Gasteiger partial charge in [0, 0.05) is 18.5 Å². The van der Waals surface area contributed by atoms with Crippen LogP contribution in [0, 0.1) is 5.41 Å². The van der Waals surface area contributed by atoms with Crippen LogP contribution in [0.2, 0.25) is 0 Å². The molecule has 0 bridgehead atoms. The van der Waals surface area contributed by atoms with Crippen LogP contribution in [-0.2, 0) is 11.2 Å². The van der Waals surface area contributed by atoms with E-state index in [9.17, 15) is 9.59 Å². The maximum Gasteiger partial charge on any atom is 0.267 e. The van der Waals surface area contributed by atoms with Gasteiger partial charge in [0.05, 0.1) is 17.0 Å². The average molecular weight is 364 g/mol. The molecule has 1 aliphatic heterocycles. The molecular formula is C16H20N4O2S2. The monoisotopic (exact) mass is 364 g/mol. The molecule has 3 N–H and O–H groups in total. The van der Waals surface area contributed by atoms with E-state index in [1.807, 2.05) is 21.7 Å². The number of thiophene rings is 1. The second-order valence-corrected chi connectivity index (χ2v) is 8.14. The van der Waals surface area contributed by atoms with Gasteiger partial charge in [-0.3, -0.25) is 14.9 Å². The molecule has 1 fully saturated rings. The highest BCUT2D eigenvalue weighted by atomic mass is 32.1. The number of carbonyl (C=O) groups excluding carboxylic acids is 2. The predicted molar refractivity (Wildman–Crippen MR) is 96.4 cm³/mol. The maximum absolute atomic E-state index is 12.4. The Hall–Kier alpha value is -1.77. The van der Waals surface area contributed by atoms with Crippen LogP contribution in [0.3, 0.4) is 0 Å². The Morgan fingerprint density at radius 2 is 2.29 bits per heavy atom. The standard InChI is InChI=1S/C16H20N4O2S2/c1-16(9-17)4-5-20(10-16)13(21)7-11-8-24-15(18-11)19-14(22)12-3-2-6-23-12/h2-3,6,8H,4-5,7,9-10,17H2,1H3,(H,18,19,22). The number of hydrogen-bond donors (Lipinski definition) is 2. The second-order valence-electron chi connectivity index (χ2n) is 6.33. The third-order valence-electron chi connectivity index (χ3n) is 4.25. The predicted octanol–water partition coefficient (Wildman–Crippen LogP) is 2.20. The summed E-state index contributed by atoms with van der Waals surface area (Å²) in [6.07, 6.45) is 1.19. The molecule has 2 aromatic rings. The fourth-order valence-corrected chi connectivity index (χ4v) is 4.01. The number of carbonyl (C=O) groups is 2. The summed E-state index contributed by atoms with van der Waals surface area (Å²) in [5.41, 5.74) is 6.50. The summed E-state index contributed by atoms with van der Waals surface area (Å²) in [5, 5.41) is 6.96. The van der Waals surface area contributed by atoms with Crippen molar-refractivity contribution in [3.05, 3.63) is 33.5 Å². The summed E-state index contributed by atoms with van der Waals surface area (Å²) in [6, 6.07) is 3.59.